The van der Waals surface area contributed by atoms with Crippen molar-refractivity contribution in [1.29, 1.82) is 0 Å². The van der Waals surface area contributed by atoms with Crippen molar-refractivity contribution in [3.8, 4) is 0 Å². The minimum atomic E-state index is -4.96. The molecule has 99 heavy (non-hydrogen) atoms. The Hall–Kier alpha value is -1.94. The Bertz CT molecular complexity index is 1880. The summed E-state index contributed by atoms with van der Waals surface area (Å²) in [7, 11) is -9.91. The first-order valence-electron chi connectivity index (χ1n) is 41.8. The minimum Gasteiger partial charge on any atom is -0.462 e. The molecule has 17 nitrogen and oxygen atoms in total. The highest BCUT2D eigenvalue weighted by Gasteiger charge is 2.30. The molecule has 0 bridgehead atoms. The summed E-state index contributed by atoms with van der Waals surface area (Å²) in [5, 5.41) is 10.6. The van der Waals surface area contributed by atoms with Gasteiger partial charge < -0.3 is 33.8 Å². The number of rotatable bonds is 81. The zero-order valence-corrected chi connectivity index (χ0v) is 66.3. The number of ether oxygens (including phenoxy) is 4. The fraction of sp³-hybridized carbons (Fsp3) is 0.950. The van der Waals surface area contributed by atoms with Gasteiger partial charge in [-0.2, -0.15) is 0 Å². The first kappa shape index (κ1) is 97.1. The molecule has 0 rings (SSSR count). The molecule has 0 fully saturated rings. The Kier molecular flexibility index (Phi) is 72.9. The van der Waals surface area contributed by atoms with Gasteiger partial charge in [0.25, 0.3) is 0 Å². The molecule has 0 aromatic rings. The minimum absolute atomic E-state index is 0.108. The average molecular weight is 1450 g/mol. The number of esters is 4. The number of hydrogen-bond donors (Lipinski definition) is 3. The number of phosphoric ester groups is 2. The van der Waals surface area contributed by atoms with E-state index in [2.05, 4.69) is 27.7 Å². The van der Waals surface area contributed by atoms with Crippen molar-refractivity contribution in [2.45, 2.75) is 451 Å². The van der Waals surface area contributed by atoms with E-state index in [0.29, 0.717) is 25.7 Å². The second-order valence-corrected chi connectivity index (χ2v) is 31.7. The van der Waals surface area contributed by atoms with Crippen LogP contribution in [-0.2, 0) is 65.4 Å². The third-order valence-electron chi connectivity index (χ3n) is 18.9. The van der Waals surface area contributed by atoms with E-state index < -0.39 is 97.5 Å². The molecule has 5 atom stereocenters. The summed E-state index contributed by atoms with van der Waals surface area (Å²) in [5.74, 6) is -2.11. The van der Waals surface area contributed by atoms with Gasteiger partial charge in [0.2, 0.25) is 0 Å². The molecule has 19 heteroatoms. The molecule has 0 heterocycles. The smallest absolute Gasteiger partial charge is 0.462 e. The van der Waals surface area contributed by atoms with Crippen LogP contribution < -0.4 is 0 Å². The first-order valence-corrected chi connectivity index (χ1v) is 44.8. The molecule has 0 spiro atoms. The van der Waals surface area contributed by atoms with E-state index in [4.69, 9.17) is 37.0 Å². The number of hydrogen-bond acceptors (Lipinski definition) is 15. The summed E-state index contributed by atoms with van der Waals surface area (Å²) in [6.45, 7) is 4.99. The van der Waals surface area contributed by atoms with E-state index in [0.717, 1.165) is 89.9 Å². The molecule has 0 aliphatic carbocycles. The van der Waals surface area contributed by atoms with Crippen LogP contribution in [0.15, 0.2) is 0 Å². The third-order valence-corrected chi connectivity index (χ3v) is 20.8. The zero-order chi connectivity index (χ0) is 72.5. The molecular weight excluding hydrogens is 1290 g/mol. The standard InChI is InChI=1S/C80H156O17P2/c1-5-9-13-17-21-25-28-31-33-35-37-39-41-44-46-49-53-57-61-65-78(83)91-71-76(97-80(85)67-63-59-55-51-48-45-42-40-38-36-34-32-29-26-22-18-14-10-6-2)73-95-99(88,89)93-69-74(81)68-92-98(86,87)94-72-75(70-90-77(82)64-60-56-52-24-20-16-12-8-4)96-79(84)66-62-58-54-50-47-43-30-27-23-19-15-11-7-3/h74-76,81H,5-73H2,1-4H3,(H,86,87)(H,88,89)/t74-,75+,76+/m0/s1. The molecule has 0 radical (unpaired) electrons. The molecule has 588 valence electrons. The predicted molar refractivity (Wildman–Crippen MR) is 405 cm³/mol. The fourth-order valence-electron chi connectivity index (χ4n) is 12.5. The number of carbonyl (C=O) groups is 4. The van der Waals surface area contributed by atoms with Gasteiger partial charge in [0.1, 0.15) is 19.3 Å². The normalized spacial score (nSPS) is 13.8. The van der Waals surface area contributed by atoms with E-state index in [-0.39, 0.29) is 25.7 Å². The fourth-order valence-corrected chi connectivity index (χ4v) is 14.0. The lowest BCUT2D eigenvalue weighted by atomic mass is 10.0. The molecule has 0 aliphatic heterocycles. The summed E-state index contributed by atoms with van der Waals surface area (Å²) in [6, 6.07) is 0. The van der Waals surface area contributed by atoms with E-state index in [9.17, 15) is 43.2 Å². The van der Waals surface area contributed by atoms with Crippen molar-refractivity contribution in [2.75, 3.05) is 39.6 Å². The van der Waals surface area contributed by atoms with Crippen LogP contribution in [0.3, 0.4) is 0 Å². The van der Waals surface area contributed by atoms with Gasteiger partial charge in [-0.3, -0.25) is 37.3 Å². The highest BCUT2D eigenvalue weighted by atomic mass is 31.2. The van der Waals surface area contributed by atoms with Gasteiger partial charge in [0.15, 0.2) is 12.2 Å². The van der Waals surface area contributed by atoms with Crippen LogP contribution in [0.5, 0.6) is 0 Å². The molecular formula is C80H156O17P2. The van der Waals surface area contributed by atoms with Gasteiger partial charge in [-0.15, -0.1) is 0 Å². The molecule has 0 saturated carbocycles. The average Bonchev–Trinajstić information content (AvgIpc) is 1.07. The van der Waals surface area contributed by atoms with Crippen LogP contribution in [0.4, 0.5) is 0 Å². The largest absolute Gasteiger partial charge is 0.472 e. The number of carbonyl (C=O) groups excluding carboxylic acids is 4. The topological polar surface area (TPSA) is 237 Å². The van der Waals surface area contributed by atoms with Gasteiger partial charge >= 0.3 is 39.5 Å². The second-order valence-electron chi connectivity index (χ2n) is 28.8. The van der Waals surface area contributed by atoms with E-state index in [1.165, 1.54) is 263 Å². The maximum absolute atomic E-state index is 13.1. The first-order chi connectivity index (χ1) is 48.2. The number of aliphatic hydroxyl groups is 1. The van der Waals surface area contributed by atoms with E-state index in [1.54, 1.807) is 0 Å². The lowest BCUT2D eigenvalue weighted by Gasteiger charge is -2.21. The van der Waals surface area contributed by atoms with Crippen LogP contribution in [0.25, 0.3) is 0 Å². The number of aliphatic hydroxyl groups excluding tert-OH is 1. The maximum Gasteiger partial charge on any atom is 0.472 e. The Balaban J connectivity index is 5.19. The van der Waals surface area contributed by atoms with Crippen molar-refractivity contribution in [1.82, 2.24) is 0 Å². The van der Waals surface area contributed by atoms with Crippen LogP contribution in [0, 0.1) is 0 Å². The van der Waals surface area contributed by atoms with Crippen LogP contribution in [0.1, 0.15) is 432 Å². The van der Waals surface area contributed by atoms with Crippen LogP contribution in [-0.4, -0.2) is 96.7 Å². The zero-order valence-electron chi connectivity index (χ0n) is 64.5. The van der Waals surface area contributed by atoms with Crippen LogP contribution >= 0.6 is 15.6 Å². The maximum atomic E-state index is 13.1. The van der Waals surface area contributed by atoms with Gasteiger partial charge in [0.05, 0.1) is 26.4 Å². The predicted octanol–water partition coefficient (Wildman–Crippen LogP) is 24.2. The van der Waals surface area contributed by atoms with E-state index >= 15 is 0 Å². The Morgan fingerprint density at radius 2 is 0.404 bits per heavy atom. The van der Waals surface area contributed by atoms with Gasteiger partial charge in [0, 0.05) is 25.7 Å². The van der Waals surface area contributed by atoms with Crippen molar-refractivity contribution in [3.63, 3.8) is 0 Å². The second kappa shape index (κ2) is 74.3. The van der Waals surface area contributed by atoms with Crippen LogP contribution in [0.2, 0.25) is 0 Å². The number of unbranched alkanes of at least 4 members (excludes halogenated alkanes) is 55. The Morgan fingerprint density at radius 3 is 0.596 bits per heavy atom. The molecule has 2 unspecified atom stereocenters. The third kappa shape index (κ3) is 74.1. The van der Waals surface area contributed by atoms with Crippen molar-refractivity contribution < 1.29 is 80.2 Å². The molecule has 0 aromatic carbocycles. The number of phosphoric acid groups is 2. The summed E-state index contributed by atoms with van der Waals surface area (Å²) in [6.07, 6.45) is 66.7. The van der Waals surface area contributed by atoms with Crippen molar-refractivity contribution in [2.24, 2.45) is 0 Å². The summed E-state index contributed by atoms with van der Waals surface area (Å²) < 4.78 is 68.6. The van der Waals surface area contributed by atoms with Gasteiger partial charge in [-0.1, -0.05) is 381 Å². The van der Waals surface area contributed by atoms with Gasteiger partial charge in [-0.25, -0.2) is 9.13 Å². The summed E-state index contributed by atoms with van der Waals surface area (Å²) >= 11 is 0. The monoisotopic (exact) mass is 1450 g/mol. The lowest BCUT2D eigenvalue weighted by molar-refractivity contribution is -0.161. The van der Waals surface area contributed by atoms with Crippen molar-refractivity contribution in [3.05, 3.63) is 0 Å². The SMILES string of the molecule is CCCCCCCCCCCCCCCCCCCCCC(=O)OC[C@H](COP(=O)(O)OC[C@@H](O)COP(=O)(O)OC[C@@H](COC(=O)CCCCCCCCCC)OC(=O)CCCCCCCCCCCCCCC)OC(=O)CCCCCCCCCCCCCCCCCCCCC. The molecule has 0 amide bonds. The highest BCUT2D eigenvalue weighted by molar-refractivity contribution is 7.47. The Labute approximate surface area is 607 Å². The molecule has 0 saturated heterocycles. The molecule has 0 aliphatic rings. The van der Waals surface area contributed by atoms with E-state index in [1.807, 2.05) is 0 Å². The quantitative estimate of drug-likeness (QED) is 0.0222. The molecule has 0 aromatic heterocycles. The highest BCUT2D eigenvalue weighted by Crippen LogP contribution is 2.45. The Morgan fingerprint density at radius 1 is 0.242 bits per heavy atom. The summed E-state index contributed by atoms with van der Waals surface area (Å²) in [5.41, 5.74) is 0. The van der Waals surface area contributed by atoms with Crippen molar-refractivity contribution >= 4 is 39.5 Å². The summed E-state index contributed by atoms with van der Waals surface area (Å²) in [4.78, 5) is 72.9. The van der Waals surface area contributed by atoms with Gasteiger partial charge in [-0.05, 0) is 25.7 Å². The lowest BCUT2D eigenvalue weighted by Crippen LogP contribution is -2.30. The molecule has 3 N–H and O–H groups in total.